The van der Waals surface area contributed by atoms with Gasteiger partial charge in [0.1, 0.15) is 5.75 Å². The molecule has 164 valence electrons. The molecule has 1 heterocycles. The number of para-hydroxylation sites is 1. The van der Waals surface area contributed by atoms with Gasteiger partial charge in [0.25, 0.3) is 0 Å². The first-order chi connectivity index (χ1) is 15.2. The average Bonchev–Trinajstić information content (AvgIpc) is 2.78. The van der Waals surface area contributed by atoms with Crippen molar-refractivity contribution in [2.75, 3.05) is 0 Å². The van der Waals surface area contributed by atoms with Crippen molar-refractivity contribution >= 4 is 19.0 Å². The molecule has 4 aromatic rings. The second-order valence-corrected chi connectivity index (χ2v) is 16.0. The molecule has 0 amide bonds. The SMILES string of the molecule is CC(C)(C)[Si](C)(C)C(Cc1cc(-c2ccccc2)ccc1O)c1ccc2ccccc2n1. The van der Waals surface area contributed by atoms with E-state index < -0.39 is 8.07 Å². The number of phenolic OH excluding ortho intramolecular Hbond substituents is 1. The van der Waals surface area contributed by atoms with Crippen molar-refractivity contribution in [3.05, 3.63) is 96.2 Å². The van der Waals surface area contributed by atoms with Gasteiger partial charge in [-0.05, 0) is 52.4 Å². The molecule has 1 N–H and O–H groups in total. The number of aromatic hydroxyl groups is 1. The summed E-state index contributed by atoms with van der Waals surface area (Å²) in [6.07, 6.45) is 0.786. The normalized spacial score (nSPS) is 13.3. The minimum absolute atomic E-state index is 0.192. The minimum Gasteiger partial charge on any atom is -0.508 e. The van der Waals surface area contributed by atoms with Gasteiger partial charge in [-0.2, -0.15) is 0 Å². The summed E-state index contributed by atoms with van der Waals surface area (Å²) in [4.78, 5) is 5.11. The smallest absolute Gasteiger partial charge is 0.118 e. The van der Waals surface area contributed by atoms with Crippen LogP contribution in [0.25, 0.3) is 22.0 Å². The Morgan fingerprint density at radius 1 is 0.812 bits per heavy atom. The first-order valence-electron chi connectivity index (χ1n) is 11.4. The summed E-state index contributed by atoms with van der Waals surface area (Å²) in [5, 5.41) is 12.2. The topological polar surface area (TPSA) is 33.1 Å². The van der Waals surface area contributed by atoms with Crippen LogP contribution in [0.1, 0.15) is 37.6 Å². The Balaban J connectivity index is 1.81. The number of benzene rings is 3. The summed E-state index contributed by atoms with van der Waals surface area (Å²) in [5.41, 5.74) is 5.76. The fraction of sp³-hybridized carbons (Fsp3) is 0.276. The number of nitrogens with zero attached hydrogens (tertiary/aromatic N) is 1. The van der Waals surface area contributed by atoms with Gasteiger partial charge in [-0.1, -0.05) is 94.5 Å². The molecular weight excluding hydrogens is 406 g/mol. The number of fused-ring (bicyclic) bond motifs is 1. The van der Waals surface area contributed by atoms with E-state index in [1.807, 2.05) is 18.2 Å². The van der Waals surface area contributed by atoms with Crippen LogP contribution in [0.3, 0.4) is 0 Å². The van der Waals surface area contributed by atoms with Gasteiger partial charge in [-0.3, -0.25) is 4.98 Å². The predicted molar refractivity (Wildman–Crippen MR) is 139 cm³/mol. The molecule has 1 aromatic heterocycles. The minimum atomic E-state index is -1.84. The molecule has 0 radical (unpaired) electrons. The highest BCUT2D eigenvalue weighted by Gasteiger charge is 2.43. The number of aromatic nitrogens is 1. The molecule has 1 unspecified atom stereocenters. The van der Waals surface area contributed by atoms with E-state index in [0.717, 1.165) is 28.8 Å². The van der Waals surface area contributed by atoms with Gasteiger partial charge < -0.3 is 5.11 Å². The standard InChI is InChI=1S/C29H33NOSi/c1-29(2,3)32(4,5)28(26-17-15-22-13-9-10-14-25(22)30-26)20-24-19-23(16-18-27(24)31)21-11-7-6-8-12-21/h6-19,28,31H,20H2,1-5H3. The largest absolute Gasteiger partial charge is 0.508 e. The van der Waals surface area contributed by atoms with E-state index in [1.165, 1.54) is 10.9 Å². The van der Waals surface area contributed by atoms with Crippen LogP contribution in [0.4, 0.5) is 0 Å². The molecular formula is C29H33NOSi. The van der Waals surface area contributed by atoms with Crippen LogP contribution in [-0.2, 0) is 6.42 Å². The highest BCUT2D eigenvalue weighted by molar-refractivity contribution is 6.81. The lowest BCUT2D eigenvalue weighted by molar-refractivity contribution is 0.467. The van der Waals surface area contributed by atoms with Crippen molar-refractivity contribution in [1.82, 2.24) is 4.98 Å². The van der Waals surface area contributed by atoms with Crippen LogP contribution in [0.5, 0.6) is 5.75 Å². The van der Waals surface area contributed by atoms with E-state index in [0.29, 0.717) is 5.75 Å². The van der Waals surface area contributed by atoms with Gasteiger partial charge in [0.05, 0.1) is 13.6 Å². The quantitative estimate of drug-likeness (QED) is 0.320. The summed E-state index contributed by atoms with van der Waals surface area (Å²) in [6.45, 7) is 12.0. The Bertz CT molecular complexity index is 1220. The van der Waals surface area contributed by atoms with Crippen molar-refractivity contribution in [3.8, 4) is 16.9 Å². The zero-order valence-corrected chi connectivity index (χ0v) is 20.8. The van der Waals surface area contributed by atoms with Crippen LogP contribution >= 0.6 is 0 Å². The van der Waals surface area contributed by atoms with E-state index in [2.05, 4.69) is 101 Å². The van der Waals surface area contributed by atoms with Crippen LogP contribution in [0.2, 0.25) is 18.1 Å². The Kier molecular flexibility index (Phi) is 5.96. The third-order valence-electron chi connectivity index (χ3n) is 7.39. The molecule has 0 fully saturated rings. The fourth-order valence-electron chi connectivity index (χ4n) is 4.31. The molecule has 4 rings (SSSR count). The molecule has 2 nitrogen and oxygen atoms in total. The van der Waals surface area contributed by atoms with Crippen molar-refractivity contribution in [1.29, 1.82) is 0 Å². The first kappa shape index (κ1) is 22.3. The molecule has 0 aliphatic carbocycles. The van der Waals surface area contributed by atoms with Gasteiger partial charge in [-0.15, -0.1) is 0 Å². The lowest BCUT2D eigenvalue weighted by Crippen LogP contribution is -2.45. The van der Waals surface area contributed by atoms with Gasteiger partial charge in [0.15, 0.2) is 0 Å². The lowest BCUT2D eigenvalue weighted by Gasteiger charge is -2.43. The number of hydrogen-bond acceptors (Lipinski definition) is 2. The molecule has 32 heavy (non-hydrogen) atoms. The molecule has 0 spiro atoms. The van der Waals surface area contributed by atoms with Crippen molar-refractivity contribution in [2.24, 2.45) is 0 Å². The Labute approximate surface area is 193 Å². The molecule has 0 saturated carbocycles. The number of pyridine rings is 1. The Morgan fingerprint density at radius 2 is 1.50 bits per heavy atom. The van der Waals surface area contributed by atoms with Crippen molar-refractivity contribution in [3.63, 3.8) is 0 Å². The highest BCUT2D eigenvalue weighted by Crippen LogP contribution is 2.46. The maximum absolute atomic E-state index is 10.8. The summed E-state index contributed by atoms with van der Waals surface area (Å²) in [6, 6.07) is 29.1. The number of rotatable bonds is 5. The molecule has 3 aromatic carbocycles. The Morgan fingerprint density at radius 3 is 2.22 bits per heavy atom. The predicted octanol–water partition coefficient (Wildman–Crippen LogP) is 7.98. The molecule has 1 atom stereocenters. The zero-order chi connectivity index (χ0) is 22.9. The van der Waals surface area contributed by atoms with Crippen molar-refractivity contribution in [2.45, 2.75) is 50.9 Å². The monoisotopic (exact) mass is 439 g/mol. The van der Waals surface area contributed by atoms with Gasteiger partial charge >= 0.3 is 0 Å². The maximum Gasteiger partial charge on any atom is 0.118 e. The highest BCUT2D eigenvalue weighted by atomic mass is 28.3. The number of hydrogen-bond donors (Lipinski definition) is 1. The van der Waals surface area contributed by atoms with Crippen LogP contribution in [0, 0.1) is 0 Å². The molecule has 0 aliphatic rings. The first-order valence-corrected chi connectivity index (χ1v) is 14.5. The zero-order valence-electron chi connectivity index (χ0n) is 19.8. The third-order valence-corrected chi connectivity index (χ3v) is 13.5. The fourth-order valence-corrected chi connectivity index (χ4v) is 6.98. The second-order valence-electron chi connectivity index (χ2n) is 10.4. The lowest BCUT2D eigenvalue weighted by atomic mass is 9.99. The summed E-state index contributed by atoms with van der Waals surface area (Å²) in [5.74, 6) is 0.370. The number of phenols is 1. The van der Waals surface area contributed by atoms with E-state index in [9.17, 15) is 5.11 Å². The summed E-state index contributed by atoms with van der Waals surface area (Å²) >= 11 is 0. The summed E-state index contributed by atoms with van der Waals surface area (Å²) < 4.78 is 0. The van der Waals surface area contributed by atoms with E-state index in [4.69, 9.17) is 4.98 Å². The average molecular weight is 440 g/mol. The van der Waals surface area contributed by atoms with Crippen LogP contribution in [0.15, 0.2) is 84.9 Å². The van der Waals surface area contributed by atoms with Gasteiger partial charge in [-0.25, -0.2) is 0 Å². The van der Waals surface area contributed by atoms with Crippen LogP contribution < -0.4 is 0 Å². The van der Waals surface area contributed by atoms with Crippen molar-refractivity contribution < 1.29 is 5.11 Å². The van der Waals surface area contributed by atoms with E-state index in [-0.39, 0.29) is 10.6 Å². The second kappa shape index (κ2) is 8.55. The summed E-state index contributed by atoms with van der Waals surface area (Å²) in [7, 11) is -1.84. The van der Waals surface area contributed by atoms with Gasteiger partial charge in [0, 0.05) is 16.6 Å². The van der Waals surface area contributed by atoms with E-state index in [1.54, 1.807) is 0 Å². The molecule has 0 saturated heterocycles. The third kappa shape index (κ3) is 4.35. The van der Waals surface area contributed by atoms with Gasteiger partial charge in [0.2, 0.25) is 0 Å². The van der Waals surface area contributed by atoms with E-state index >= 15 is 0 Å². The molecule has 0 aliphatic heterocycles. The molecule has 3 heteroatoms. The Hall–Kier alpha value is -2.91. The van der Waals surface area contributed by atoms with Crippen LogP contribution in [-0.4, -0.2) is 18.2 Å². The maximum atomic E-state index is 10.8. The molecule has 0 bridgehead atoms.